The van der Waals surface area contributed by atoms with Crippen LogP contribution in [0.4, 0.5) is 5.69 Å². The molecule has 110 valence electrons. The predicted molar refractivity (Wildman–Crippen MR) is 78.5 cm³/mol. The minimum absolute atomic E-state index is 0.154. The van der Waals surface area contributed by atoms with Crippen molar-refractivity contribution in [3.63, 3.8) is 0 Å². The Morgan fingerprint density at radius 1 is 1.10 bits per heavy atom. The summed E-state index contributed by atoms with van der Waals surface area (Å²) in [6.45, 7) is 4.40. The summed E-state index contributed by atoms with van der Waals surface area (Å²) < 4.78 is 0. The second-order valence-electron chi connectivity index (χ2n) is 4.81. The topological polar surface area (TPSA) is 78.4 Å². The van der Waals surface area contributed by atoms with Gasteiger partial charge in [0.2, 0.25) is 0 Å². The molecule has 0 bridgehead atoms. The van der Waals surface area contributed by atoms with Crippen LogP contribution in [0.1, 0.15) is 30.4 Å². The second kappa shape index (κ2) is 8.32. The number of carbonyl (C=O) groups excluding carboxylic acids is 2. The van der Waals surface area contributed by atoms with Gasteiger partial charge in [0.15, 0.2) is 0 Å². The van der Waals surface area contributed by atoms with Crippen LogP contribution in [0, 0.1) is 13.8 Å². The summed E-state index contributed by atoms with van der Waals surface area (Å²) in [5.41, 5.74) is 2.60. The first-order chi connectivity index (χ1) is 9.54. The molecule has 0 aromatic heterocycles. The zero-order valence-electron chi connectivity index (χ0n) is 12.0. The fraction of sp³-hybridized carbons (Fsp3) is 0.467. The van der Waals surface area contributed by atoms with E-state index in [0.717, 1.165) is 24.0 Å². The zero-order valence-corrected chi connectivity index (χ0v) is 12.0. The number of aryl methyl sites for hydroxylation is 2. The number of anilines is 1. The van der Waals surface area contributed by atoms with E-state index >= 15 is 0 Å². The molecule has 2 amide bonds. The van der Waals surface area contributed by atoms with Gasteiger partial charge in [0.05, 0.1) is 0 Å². The lowest BCUT2D eigenvalue weighted by molar-refractivity contribution is -0.136. The highest BCUT2D eigenvalue weighted by Gasteiger charge is 2.13. The maximum Gasteiger partial charge on any atom is 0.313 e. The molecule has 5 heteroatoms. The molecule has 1 aromatic rings. The number of amides is 2. The first-order valence-corrected chi connectivity index (χ1v) is 6.82. The lowest BCUT2D eigenvalue weighted by Gasteiger charge is -2.09. The molecule has 0 aliphatic carbocycles. The Kier molecular flexibility index (Phi) is 6.73. The molecule has 0 fully saturated rings. The van der Waals surface area contributed by atoms with Crippen LogP contribution in [-0.4, -0.2) is 30.1 Å². The third-order valence-corrected chi connectivity index (χ3v) is 2.97. The lowest BCUT2D eigenvalue weighted by Crippen LogP contribution is -2.36. The molecule has 0 aliphatic rings. The van der Waals surface area contributed by atoms with E-state index in [1.54, 1.807) is 0 Å². The van der Waals surface area contributed by atoms with E-state index in [1.165, 1.54) is 0 Å². The minimum Gasteiger partial charge on any atom is -0.396 e. The Balaban J connectivity index is 2.41. The number of carbonyl (C=O) groups is 2. The van der Waals surface area contributed by atoms with Crippen LogP contribution < -0.4 is 10.6 Å². The van der Waals surface area contributed by atoms with E-state index in [-0.39, 0.29) is 6.61 Å². The normalized spacial score (nSPS) is 10.2. The quantitative estimate of drug-likeness (QED) is 0.545. The van der Waals surface area contributed by atoms with Crippen LogP contribution in [0.5, 0.6) is 0 Å². The van der Waals surface area contributed by atoms with Crippen LogP contribution in [0.2, 0.25) is 0 Å². The standard InChI is InChI=1S/C15H22N2O3/c1-11-6-7-12(2)13(10-11)17-15(20)14(19)16-8-4-3-5-9-18/h6-7,10,18H,3-5,8-9H2,1-2H3,(H,16,19)(H,17,20). The molecule has 1 rings (SSSR count). The molecule has 20 heavy (non-hydrogen) atoms. The number of hydrogen-bond donors (Lipinski definition) is 3. The van der Waals surface area contributed by atoms with Gasteiger partial charge in [-0.1, -0.05) is 12.1 Å². The van der Waals surface area contributed by atoms with E-state index in [4.69, 9.17) is 5.11 Å². The number of aliphatic hydroxyl groups is 1. The number of rotatable bonds is 6. The summed E-state index contributed by atoms with van der Waals surface area (Å²) in [4.78, 5) is 23.3. The van der Waals surface area contributed by atoms with Gasteiger partial charge in [-0.3, -0.25) is 9.59 Å². The minimum atomic E-state index is -0.652. The van der Waals surface area contributed by atoms with Gasteiger partial charge in [-0.15, -0.1) is 0 Å². The molecule has 0 saturated carbocycles. The van der Waals surface area contributed by atoms with Crippen LogP contribution in [0.3, 0.4) is 0 Å². The molecule has 0 aliphatic heterocycles. The molecule has 0 unspecified atom stereocenters. The van der Waals surface area contributed by atoms with Crippen LogP contribution >= 0.6 is 0 Å². The molecule has 0 spiro atoms. The summed E-state index contributed by atoms with van der Waals surface area (Å²) >= 11 is 0. The van der Waals surface area contributed by atoms with Gasteiger partial charge < -0.3 is 15.7 Å². The molecule has 0 atom stereocenters. The van der Waals surface area contributed by atoms with Crippen molar-refractivity contribution in [1.82, 2.24) is 5.32 Å². The van der Waals surface area contributed by atoms with Crippen molar-refractivity contribution in [3.05, 3.63) is 29.3 Å². The van der Waals surface area contributed by atoms with E-state index in [0.29, 0.717) is 18.7 Å². The molecule has 1 aromatic carbocycles. The van der Waals surface area contributed by atoms with Crippen molar-refractivity contribution in [2.75, 3.05) is 18.5 Å². The highest BCUT2D eigenvalue weighted by molar-refractivity contribution is 6.39. The van der Waals surface area contributed by atoms with E-state index in [2.05, 4.69) is 10.6 Å². The van der Waals surface area contributed by atoms with Gasteiger partial charge in [0, 0.05) is 18.8 Å². The summed E-state index contributed by atoms with van der Waals surface area (Å²) in [7, 11) is 0. The average molecular weight is 278 g/mol. The Hall–Kier alpha value is -1.88. The Morgan fingerprint density at radius 3 is 2.55 bits per heavy atom. The molecule has 0 saturated heterocycles. The molecule has 5 nitrogen and oxygen atoms in total. The van der Waals surface area contributed by atoms with Crippen molar-refractivity contribution in [3.8, 4) is 0 Å². The molecular weight excluding hydrogens is 256 g/mol. The third kappa shape index (κ3) is 5.40. The maximum atomic E-state index is 11.7. The first-order valence-electron chi connectivity index (χ1n) is 6.82. The summed E-state index contributed by atoms with van der Waals surface area (Å²) in [6.07, 6.45) is 2.29. The first kappa shape index (κ1) is 16.2. The third-order valence-electron chi connectivity index (χ3n) is 2.97. The Bertz CT molecular complexity index is 472. The zero-order chi connectivity index (χ0) is 15.0. The van der Waals surface area contributed by atoms with Gasteiger partial charge in [-0.25, -0.2) is 0 Å². The summed E-state index contributed by atoms with van der Waals surface area (Å²) in [5, 5.41) is 13.8. The van der Waals surface area contributed by atoms with Crippen molar-refractivity contribution in [2.45, 2.75) is 33.1 Å². The fourth-order valence-electron chi connectivity index (χ4n) is 1.75. The monoisotopic (exact) mass is 278 g/mol. The van der Waals surface area contributed by atoms with Crippen molar-refractivity contribution < 1.29 is 14.7 Å². The van der Waals surface area contributed by atoms with Gasteiger partial charge in [0.1, 0.15) is 0 Å². The largest absolute Gasteiger partial charge is 0.396 e. The van der Waals surface area contributed by atoms with Crippen molar-refractivity contribution >= 4 is 17.5 Å². The average Bonchev–Trinajstić information content (AvgIpc) is 2.42. The second-order valence-corrected chi connectivity index (χ2v) is 4.81. The summed E-state index contributed by atoms with van der Waals surface area (Å²) in [6, 6.07) is 5.69. The smallest absolute Gasteiger partial charge is 0.313 e. The van der Waals surface area contributed by atoms with Gasteiger partial charge in [0.25, 0.3) is 0 Å². The number of hydrogen-bond acceptors (Lipinski definition) is 3. The molecule has 0 radical (unpaired) electrons. The van der Waals surface area contributed by atoms with Crippen molar-refractivity contribution in [2.24, 2.45) is 0 Å². The van der Waals surface area contributed by atoms with Crippen LogP contribution in [-0.2, 0) is 9.59 Å². The summed E-state index contributed by atoms with van der Waals surface area (Å²) in [5.74, 6) is -1.28. The van der Waals surface area contributed by atoms with E-state index in [1.807, 2.05) is 32.0 Å². The lowest BCUT2D eigenvalue weighted by atomic mass is 10.1. The number of nitrogens with one attached hydrogen (secondary N) is 2. The van der Waals surface area contributed by atoms with Gasteiger partial charge in [-0.2, -0.15) is 0 Å². The van der Waals surface area contributed by atoms with Gasteiger partial charge >= 0.3 is 11.8 Å². The van der Waals surface area contributed by atoms with E-state index in [9.17, 15) is 9.59 Å². The Labute approximate surface area is 119 Å². The van der Waals surface area contributed by atoms with Crippen LogP contribution in [0.25, 0.3) is 0 Å². The fourth-order valence-corrected chi connectivity index (χ4v) is 1.75. The maximum absolute atomic E-state index is 11.7. The molecule has 0 heterocycles. The number of aliphatic hydroxyl groups excluding tert-OH is 1. The van der Waals surface area contributed by atoms with E-state index < -0.39 is 11.8 Å². The van der Waals surface area contributed by atoms with Crippen LogP contribution in [0.15, 0.2) is 18.2 Å². The number of benzene rings is 1. The highest BCUT2D eigenvalue weighted by Crippen LogP contribution is 2.15. The Morgan fingerprint density at radius 2 is 1.85 bits per heavy atom. The highest BCUT2D eigenvalue weighted by atomic mass is 16.3. The molecule has 3 N–H and O–H groups in total. The molecular formula is C15H22N2O3. The number of unbranched alkanes of at least 4 members (excludes halogenated alkanes) is 2. The van der Waals surface area contributed by atoms with Gasteiger partial charge in [-0.05, 0) is 50.3 Å². The SMILES string of the molecule is Cc1ccc(C)c(NC(=O)C(=O)NCCCCCO)c1. The predicted octanol–water partition coefficient (Wildman–Crippen LogP) is 1.52. The van der Waals surface area contributed by atoms with Crippen molar-refractivity contribution in [1.29, 1.82) is 0 Å².